The van der Waals surface area contributed by atoms with Crippen LogP contribution in [0.2, 0.25) is 5.02 Å². The van der Waals surface area contributed by atoms with Crippen molar-refractivity contribution in [3.63, 3.8) is 0 Å². The molecule has 0 fully saturated rings. The average Bonchev–Trinajstić information content (AvgIpc) is 2.38. The molecule has 0 saturated heterocycles. The molecule has 0 aromatic heterocycles. The zero-order chi connectivity index (χ0) is 15.3. The van der Waals surface area contributed by atoms with Gasteiger partial charge in [-0.05, 0) is 38.1 Å². The molecule has 0 heterocycles. The molecule has 1 amide bonds. The first-order valence-electron chi connectivity index (χ1n) is 6.86. The van der Waals surface area contributed by atoms with Crippen molar-refractivity contribution in [3.8, 4) is 0 Å². The van der Waals surface area contributed by atoms with E-state index in [0.29, 0.717) is 34.8 Å². The summed E-state index contributed by atoms with van der Waals surface area (Å²) in [6.07, 6.45) is 0.439. The Morgan fingerprint density at radius 2 is 2.05 bits per heavy atom. The number of carbonyl (C=O) groups is 1. The SMILES string of the molecule is CC(C)C(C)N(C)CCC(=O)Nc1ccc(N)cc1Cl. The third-order valence-corrected chi connectivity index (χ3v) is 3.93. The largest absolute Gasteiger partial charge is 0.399 e. The van der Waals surface area contributed by atoms with Crippen molar-refractivity contribution in [3.05, 3.63) is 23.2 Å². The predicted octanol–water partition coefficient (Wildman–Crippen LogP) is 3.23. The van der Waals surface area contributed by atoms with Crippen molar-refractivity contribution < 1.29 is 4.79 Å². The number of carbonyl (C=O) groups excluding carboxylic acids is 1. The minimum Gasteiger partial charge on any atom is -0.399 e. The molecule has 0 radical (unpaired) electrons. The molecule has 4 nitrogen and oxygen atoms in total. The van der Waals surface area contributed by atoms with Crippen LogP contribution in [0.4, 0.5) is 11.4 Å². The van der Waals surface area contributed by atoms with Crippen molar-refractivity contribution in [2.24, 2.45) is 5.92 Å². The van der Waals surface area contributed by atoms with Gasteiger partial charge in [-0.3, -0.25) is 4.79 Å². The number of nitrogens with one attached hydrogen (secondary N) is 1. The Kier molecular flexibility index (Phi) is 6.30. The number of nitrogen functional groups attached to an aromatic ring is 1. The molecule has 0 spiro atoms. The van der Waals surface area contributed by atoms with Gasteiger partial charge in [0.05, 0.1) is 10.7 Å². The van der Waals surface area contributed by atoms with Crippen LogP contribution in [0.15, 0.2) is 18.2 Å². The summed E-state index contributed by atoms with van der Waals surface area (Å²) in [6.45, 7) is 7.24. The van der Waals surface area contributed by atoms with Gasteiger partial charge in [-0.1, -0.05) is 25.4 Å². The van der Waals surface area contributed by atoms with Crippen LogP contribution in [0.1, 0.15) is 27.2 Å². The Morgan fingerprint density at radius 3 is 2.60 bits per heavy atom. The third-order valence-electron chi connectivity index (χ3n) is 3.62. The van der Waals surface area contributed by atoms with Crippen molar-refractivity contribution in [2.75, 3.05) is 24.6 Å². The lowest BCUT2D eigenvalue weighted by Gasteiger charge is -2.27. The van der Waals surface area contributed by atoms with Gasteiger partial charge in [-0.2, -0.15) is 0 Å². The zero-order valence-electron chi connectivity index (χ0n) is 12.6. The predicted molar refractivity (Wildman–Crippen MR) is 86.0 cm³/mol. The number of rotatable bonds is 6. The van der Waals surface area contributed by atoms with E-state index in [9.17, 15) is 4.79 Å². The number of halogens is 1. The summed E-state index contributed by atoms with van der Waals surface area (Å²) in [6, 6.07) is 5.51. The third kappa shape index (κ3) is 5.02. The molecule has 1 aromatic rings. The van der Waals surface area contributed by atoms with Crippen LogP contribution in [0.3, 0.4) is 0 Å². The second-order valence-electron chi connectivity index (χ2n) is 5.50. The molecule has 112 valence electrons. The van der Waals surface area contributed by atoms with Gasteiger partial charge >= 0.3 is 0 Å². The highest BCUT2D eigenvalue weighted by molar-refractivity contribution is 6.34. The Bertz CT molecular complexity index is 462. The lowest BCUT2D eigenvalue weighted by Crippen LogP contribution is -2.35. The molecule has 1 atom stereocenters. The first-order valence-corrected chi connectivity index (χ1v) is 7.24. The highest BCUT2D eigenvalue weighted by Gasteiger charge is 2.14. The molecule has 0 bridgehead atoms. The molecule has 20 heavy (non-hydrogen) atoms. The van der Waals surface area contributed by atoms with Crippen LogP contribution in [-0.2, 0) is 4.79 Å². The van der Waals surface area contributed by atoms with Crippen molar-refractivity contribution in [1.82, 2.24) is 4.90 Å². The lowest BCUT2D eigenvalue weighted by atomic mass is 10.1. The quantitative estimate of drug-likeness (QED) is 0.793. The molecule has 5 heteroatoms. The first-order chi connectivity index (χ1) is 9.31. The molecule has 1 rings (SSSR count). The number of hydrogen-bond acceptors (Lipinski definition) is 3. The molecule has 3 N–H and O–H groups in total. The second kappa shape index (κ2) is 7.50. The molecule has 0 saturated carbocycles. The Hall–Kier alpha value is -1.26. The smallest absolute Gasteiger partial charge is 0.225 e. The molecule has 0 aliphatic rings. The summed E-state index contributed by atoms with van der Waals surface area (Å²) in [5.41, 5.74) is 6.80. The standard InChI is InChI=1S/C15H24ClN3O/c1-10(2)11(3)19(4)8-7-15(20)18-14-6-5-12(17)9-13(14)16/h5-6,9-11H,7-8,17H2,1-4H3,(H,18,20). The first kappa shape index (κ1) is 16.8. The van der Waals surface area contributed by atoms with Crippen molar-refractivity contribution in [1.29, 1.82) is 0 Å². The summed E-state index contributed by atoms with van der Waals surface area (Å²) < 4.78 is 0. The maximum absolute atomic E-state index is 11.9. The Balaban J connectivity index is 2.48. The van der Waals surface area contributed by atoms with E-state index in [-0.39, 0.29) is 5.91 Å². The van der Waals surface area contributed by atoms with Crippen LogP contribution in [0.5, 0.6) is 0 Å². The fourth-order valence-electron chi connectivity index (χ4n) is 1.84. The fraction of sp³-hybridized carbons (Fsp3) is 0.533. The van der Waals surface area contributed by atoms with E-state index in [1.54, 1.807) is 18.2 Å². The lowest BCUT2D eigenvalue weighted by molar-refractivity contribution is -0.116. The molecular weight excluding hydrogens is 274 g/mol. The van der Waals surface area contributed by atoms with E-state index in [0.717, 1.165) is 6.54 Å². The number of anilines is 2. The highest BCUT2D eigenvalue weighted by atomic mass is 35.5. The molecular formula is C15H24ClN3O. The van der Waals surface area contributed by atoms with Gasteiger partial charge in [0.15, 0.2) is 0 Å². The van der Waals surface area contributed by atoms with Crippen LogP contribution in [-0.4, -0.2) is 30.4 Å². The van der Waals surface area contributed by atoms with Crippen LogP contribution in [0.25, 0.3) is 0 Å². The maximum Gasteiger partial charge on any atom is 0.225 e. The summed E-state index contributed by atoms with van der Waals surface area (Å²) in [5, 5.41) is 3.27. The van der Waals surface area contributed by atoms with Gasteiger partial charge in [-0.15, -0.1) is 0 Å². The van der Waals surface area contributed by atoms with Crippen molar-refractivity contribution >= 4 is 28.9 Å². The zero-order valence-corrected chi connectivity index (χ0v) is 13.4. The summed E-state index contributed by atoms with van der Waals surface area (Å²) in [7, 11) is 2.04. The van der Waals surface area contributed by atoms with Gasteiger partial charge in [0.2, 0.25) is 5.91 Å². The van der Waals surface area contributed by atoms with E-state index in [1.807, 2.05) is 7.05 Å². The maximum atomic E-state index is 11.9. The summed E-state index contributed by atoms with van der Waals surface area (Å²) >= 11 is 6.02. The van der Waals surface area contributed by atoms with E-state index in [1.165, 1.54) is 0 Å². The van der Waals surface area contributed by atoms with Gasteiger partial charge < -0.3 is 16.0 Å². The Morgan fingerprint density at radius 1 is 1.40 bits per heavy atom. The number of amides is 1. The summed E-state index contributed by atoms with van der Waals surface area (Å²) in [4.78, 5) is 14.1. The Labute approximate surface area is 126 Å². The van der Waals surface area contributed by atoms with E-state index >= 15 is 0 Å². The minimum absolute atomic E-state index is 0.0422. The van der Waals surface area contributed by atoms with E-state index in [2.05, 4.69) is 31.0 Å². The molecule has 0 aliphatic carbocycles. The van der Waals surface area contributed by atoms with E-state index in [4.69, 9.17) is 17.3 Å². The fourth-order valence-corrected chi connectivity index (χ4v) is 2.07. The number of benzene rings is 1. The highest BCUT2D eigenvalue weighted by Crippen LogP contribution is 2.24. The monoisotopic (exact) mass is 297 g/mol. The van der Waals surface area contributed by atoms with Gasteiger partial charge in [-0.25, -0.2) is 0 Å². The van der Waals surface area contributed by atoms with E-state index < -0.39 is 0 Å². The summed E-state index contributed by atoms with van der Waals surface area (Å²) in [5.74, 6) is 0.522. The minimum atomic E-state index is -0.0422. The topological polar surface area (TPSA) is 58.4 Å². The van der Waals surface area contributed by atoms with Crippen LogP contribution in [0, 0.1) is 5.92 Å². The normalized spacial score (nSPS) is 12.8. The van der Waals surface area contributed by atoms with Crippen LogP contribution < -0.4 is 11.1 Å². The molecule has 0 aliphatic heterocycles. The number of nitrogens with zero attached hydrogens (tertiary/aromatic N) is 1. The number of nitrogens with two attached hydrogens (primary N) is 1. The van der Waals surface area contributed by atoms with Crippen LogP contribution >= 0.6 is 11.6 Å². The van der Waals surface area contributed by atoms with Crippen molar-refractivity contribution in [2.45, 2.75) is 33.2 Å². The molecule has 1 unspecified atom stereocenters. The van der Waals surface area contributed by atoms with Gasteiger partial charge in [0.1, 0.15) is 0 Å². The number of hydrogen-bond donors (Lipinski definition) is 2. The average molecular weight is 298 g/mol. The van der Waals surface area contributed by atoms with Gasteiger partial charge in [0.25, 0.3) is 0 Å². The second-order valence-corrected chi connectivity index (χ2v) is 5.91. The van der Waals surface area contributed by atoms with Gasteiger partial charge in [0, 0.05) is 24.7 Å². The molecule has 1 aromatic carbocycles.